The van der Waals surface area contributed by atoms with Gasteiger partial charge in [-0.2, -0.15) is 0 Å². The van der Waals surface area contributed by atoms with E-state index < -0.39 is 0 Å². The van der Waals surface area contributed by atoms with Crippen molar-refractivity contribution in [3.05, 3.63) is 112 Å². The Bertz CT molecular complexity index is 1400. The minimum atomic E-state index is -0.205. The maximum Gasteiger partial charge on any atom is 0.311 e. The van der Waals surface area contributed by atoms with Crippen LogP contribution in [0.3, 0.4) is 0 Å². The van der Waals surface area contributed by atoms with Crippen LogP contribution < -0.4 is 5.32 Å². The van der Waals surface area contributed by atoms with E-state index in [2.05, 4.69) is 89.6 Å². The first-order valence-corrected chi connectivity index (χ1v) is 11.9. The molecular formula is C30H28N2O2. The lowest BCUT2D eigenvalue weighted by atomic mass is 9.84. The minimum Gasteiger partial charge on any atom is -0.469 e. The van der Waals surface area contributed by atoms with E-state index in [-0.39, 0.29) is 18.4 Å². The summed E-state index contributed by atoms with van der Waals surface area (Å²) in [6.45, 7) is 2.85. The number of rotatable bonds is 3. The average molecular weight is 449 g/mol. The van der Waals surface area contributed by atoms with Crippen molar-refractivity contribution in [1.82, 2.24) is 4.57 Å². The standard InChI is InChI=1S/C30H28N2O2/c1-19-11-13-21(14-12-19)29-30-24-16-15-20-7-3-5-9-23(20)28(24)26(17-27(33)34-2)32(30)18-22-8-4-6-10-25(22)31-29/h3-14,29,31H,15-18H2,1-2H3/t29-/m0/s1. The van der Waals surface area contributed by atoms with Gasteiger partial charge in [-0.1, -0.05) is 72.3 Å². The lowest BCUT2D eigenvalue weighted by Gasteiger charge is -2.24. The molecule has 0 bridgehead atoms. The zero-order chi connectivity index (χ0) is 23.2. The van der Waals surface area contributed by atoms with Crippen LogP contribution >= 0.6 is 0 Å². The van der Waals surface area contributed by atoms with Crippen molar-refractivity contribution in [3.63, 3.8) is 0 Å². The number of aromatic nitrogens is 1. The number of ether oxygens (including phenoxy) is 1. The summed E-state index contributed by atoms with van der Waals surface area (Å²) in [5, 5.41) is 3.87. The number of methoxy groups -OCH3 is 1. The van der Waals surface area contributed by atoms with Gasteiger partial charge in [0.1, 0.15) is 0 Å². The Balaban J connectivity index is 1.65. The zero-order valence-corrected chi connectivity index (χ0v) is 19.6. The molecule has 2 heterocycles. The molecule has 4 aromatic rings. The first kappa shape index (κ1) is 20.8. The molecule has 0 saturated heterocycles. The summed E-state index contributed by atoms with van der Waals surface area (Å²) in [5.41, 5.74) is 12.3. The van der Waals surface area contributed by atoms with Gasteiger partial charge in [-0.25, -0.2) is 0 Å². The van der Waals surface area contributed by atoms with E-state index in [1.807, 2.05) is 0 Å². The number of nitrogens with zero attached hydrogens (tertiary/aromatic N) is 1. The van der Waals surface area contributed by atoms with Crippen molar-refractivity contribution in [2.24, 2.45) is 0 Å². The quantitative estimate of drug-likeness (QED) is 0.400. The summed E-state index contributed by atoms with van der Waals surface area (Å²) < 4.78 is 7.55. The van der Waals surface area contributed by atoms with Crippen LogP contribution in [0.15, 0.2) is 72.8 Å². The molecule has 1 aliphatic carbocycles. The van der Waals surface area contributed by atoms with Crippen LogP contribution in [0.25, 0.3) is 11.1 Å². The molecule has 0 amide bonds. The second-order valence-electron chi connectivity index (χ2n) is 9.33. The maximum absolute atomic E-state index is 12.6. The van der Waals surface area contributed by atoms with E-state index in [1.165, 1.54) is 51.7 Å². The van der Waals surface area contributed by atoms with Gasteiger partial charge in [-0.05, 0) is 53.6 Å². The number of benzene rings is 3. The molecule has 0 radical (unpaired) electrons. The molecule has 4 heteroatoms. The molecule has 4 nitrogen and oxygen atoms in total. The lowest BCUT2D eigenvalue weighted by molar-refractivity contribution is -0.139. The molecule has 0 saturated carbocycles. The fourth-order valence-corrected chi connectivity index (χ4v) is 5.66. The molecule has 34 heavy (non-hydrogen) atoms. The highest BCUT2D eigenvalue weighted by molar-refractivity contribution is 5.83. The first-order chi connectivity index (χ1) is 16.6. The molecule has 1 aliphatic heterocycles. The van der Waals surface area contributed by atoms with Crippen molar-refractivity contribution in [3.8, 4) is 11.1 Å². The number of anilines is 1. The Morgan fingerprint density at radius 1 is 0.971 bits per heavy atom. The Morgan fingerprint density at radius 2 is 1.71 bits per heavy atom. The Labute approximate surface area is 200 Å². The summed E-state index contributed by atoms with van der Waals surface area (Å²) >= 11 is 0. The number of carbonyl (C=O) groups excluding carboxylic acids is 1. The molecule has 0 spiro atoms. The van der Waals surface area contributed by atoms with E-state index in [1.54, 1.807) is 0 Å². The topological polar surface area (TPSA) is 43.3 Å². The van der Waals surface area contributed by atoms with Gasteiger partial charge in [0.25, 0.3) is 0 Å². The molecule has 1 atom stereocenters. The van der Waals surface area contributed by atoms with Crippen LogP contribution in [0.5, 0.6) is 0 Å². The van der Waals surface area contributed by atoms with Crippen LogP contribution in [-0.4, -0.2) is 17.6 Å². The van der Waals surface area contributed by atoms with Crippen molar-refractivity contribution in [1.29, 1.82) is 0 Å². The number of carbonyl (C=O) groups is 1. The van der Waals surface area contributed by atoms with Gasteiger partial charge >= 0.3 is 5.97 Å². The summed E-state index contributed by atoms with van der Waals surface area (Å²) in [6.07, 6.45) is 2.23. The second kappa shape index (κ2) is 8.21. The van der Waals surface area contributed by atoms with Crippen molar-refractivity contribution in [2.75, 3.05) is 12.4 Å². The third-order valence-electron chi connectivity index (χ3n) is 7.32. The Kier molecular flexibility index (Phi) is 5.02. The fraction of sp³-hybridized carbons (Fsp3) is 0.233. The van der Waals surface area contributed by atoms with Gasteiger partial charge in [0, 0.05) is 29.2 Å². The average Bonchev–Trinajstić information content (AvgIpc) is 3.05. The molecular weight excluding hydrogens is 420 g/mol. The summed E-state index contributed by atoms with van der Waals surface area (Å²) in [7, 11) is 1.47. The minimum absolute atomic E-state index is 0.00495. The molecule has 170 valence electrons. The molecule has 1 aromatic heterocycles. The summed E-state index contributed by atoms with van der Waals surface area (Å²) in [5.74, 6) is -0.205. The van der Waals surface area contributed by atoms with Gasteiger partial charge in [0.05, 0.1) is 19.6 Å². The van der Waals surface area contributed by atoms with E-state index in [0.29, 0.717) is 0 Å². The van der Waals surface area contributed by atoms with Gasteiger partial charge in [0.2, 0.25) is 0 Å². The Hall–Kier alpha value is -3.79. The third-order valence-corrected chi connectivity index (χ3v) is 7.32. The zero-order valence-electron chi connectivity index (χ0n) is 19.6. The van der Waals surface area contributed by atoms with Gasteiger partial charge in [-0.15, -0.1) is 0 Å². The number of fused-ring (bicyclic) bond motifs is 6. The van der Waals surface area contributed by atoms with Gasteiger partial charge < -0.3 is 14.6 Å². The molecule has 2 aliphatic rings. The molecule has 0 fully saturated rings. The van der Waals surface area contributed by atoms with Gasteiger partial charge in [0.15, 0.2) is 0 Å². The van der Waals surface area contributed by atoms with Crippen LogP contribution in [-0.2, 0) is 35.3 Å². The number of hydrogen-bond donors (Lipinski definition) is 1. The van der Waals surface area contributed by atoms with Crippen molar-refractivity contribution >= 4 is 11.7 Å². The van der Waals surface area contributed by atoms with Crippen LogP contribution in [0.1, 0.15) is 45.2 Å². The van der Waals surface area contributed by atoms with Crippen LogP contribution in [0.4, 0.5) is 5.69 Å². The smallest absolute Gasteiger partial charge is 0.311 e. The molecule has 1 N–H and O–H groups in total. The predicted octanol–water partition coefficient (Wildman–Crippen LogP) is 5.84. The van der Waals surface area contributed by atoms with Crippen molar-refractivity contribution in [2.45, 2.75) is 38.8 Å². The van der Waals surface area contributed by atoms with Crippen LogP contribution in [0, 0.1) is 6.92 Å². The highest BCUT2D eigenvalue weighted by Gasteiger charge is 2.34. The van der Waals surface area contributed by atoms with E-state index >= 15 is 0 Å². The monoisotopic (exact) mass is 448 g/mol. The first-order valence-electron chi connectivity index (χ1n) is 11.9. The largest absolute Gasteiger partial charge is 0.469 e. The molecule has 6 rings (SSSR count). The third kappa shape index (κ3) is 3.33. The highest BCUT2D eigenvalue weighted by Crippen LogP contribution is 2.45. The van der Waals surface area contributed by atoms with E-state index in [9.17, 15) is 4.79 Å². The fourth-order valence-electron chi connectivity index (χ4n) is 5.66. The van der Waals surface area contributed by atoms with E-state index in [0.717, 1.165) is 30.8 Å². The summed E-state index contributed by atoms with van der Waals surface area (Å²) in [6, 6.07) is 25.9. The van der Waals surface area contributed by atoms with Crippen molar-refractivity contribution < 1.29 is 9.53 Å². The number of hydrogen-bond acceptors (Lipinski definition) is 3. The molecule has 3 aromatic carbocycles. The van der Waals surface area contributed by atoms with Crippen LogP contribution in [0.2, 0.25) is 0 Å². The second-order valence-corrected chi connectivity index (χ2v) is 9.33. The summed E-state index contributed by atoms with van der Waals surface area (Å²) in [4.78, 5) is 12.6. The normalized spacial score (nSPS) is 15.8. The predicted molar refractivity (Wildman–Crippen MR) is 135 cm³/mol. The van der Waals surface area contributed by atoms with E-state index in [4.69, 9.17) is 4.74 Å². The SMILES string of the molecule is COC(=O)Cc1c2c(c3n1Cc1ccccc1N[C@H]3c1ccc(C)cc1)CCc1ccccc1-2. The number of esters is 1. The maximum atomic E-state index is 12.6. The van der Waals surface area contributed by atoms with Gasteiger partial charge in [-0.3, -0.25) is 4.79 Å². The lowest BCUT2D eigenvalue weighted by Crippen LogP contribution is -2.17. The highest BCUT2D eigenvalue weighted by atomic mass is 16.5. The number of aryl methyl sites for hydroxylation is 2. The number of nitrogens with one attached hydrogen (secondary N) is 1. The number of para-hydroxylation sites is 1. The Morgan fingerprint density at radius 3 is 2.50 bits per heavy atom. The molecule has 0 unspecified atom stereocenters.